The number of anilines is 2. The SMILES string of the molecule is CS(=O)(=O)N(C[C@H](C(=O)NO)N(c1ccc2sccc2c1)S(C)(=O)=O)c1ccccc1. The van der Waals surface area contributed by atoms with Gasteiger partial charge in [-0.05, 0) is 47.2 Å². The predicted octanol–water partition coefficient (Wildman–Crippen LogP) is 2.01. The lowest BCUT2D eigenvalue weighted by Gasteiger charge is -2.34. The summed E-state index contributed by atoms with van der Waals surface area (Å²) in [6.07, 6.45) is 1.87. The first-order chi connectivity index (χ1) is 14.5. The van der Waals surface area contributed by atoms with E-state index in [0.717, 1.165) is 31.2 Å². The van der Waals surface area contributed by atoms with Gasteiger partial charge in [0.2, 0.25) is 20.0 Å². The van der Waals surface area contributed by atoms with Gasteiger partial charge in [-0.15, -0.1) is 11.3 Å². The lowest BCUT2D eigenvalue weighted by atomic mass is 10.2. The summed E-state index contributed by atoms with van der Waals surface area (Å²) in [5, 5.41) is 11.9. The van der Waals surface area contributed by atoms with E-state index < -0.39 is 38.5 Å². The Hall–Kier alpha value is -2.67. The highest BCUT2D eigenvalue weighted by Crippen LogP contribution is 2.30. The van der Waals surface area contributed by atoms with Crippen LogP contribution in [0.15, 0.2) is 60.0 Å². The fraction of sp³-hybridized carbons (Fsp3) is 0.211. The maximum absolute atomic E-state index is 12.7. The van der Waals surface area contributed by atoms with E-state index in [1.54, 1.807) is 36.4 Å². The molecule has 0 aliphatic rings. The van der Waals surface area contributed by atoms with Crippen LogP contribution < -0.4 is 14.1 Å². The second-order valence-electron chi connectivity index (χ2n) is 6.82. The normalized spacial score (nSPS) is 13.0. The van der Waals surface area contributed by atoms with Crippen molar-refractivity contribution in [3.63, 3.8) is 0 Å². The van der Waals surface area contributed by atoms with E-state index in [-0.39, 0.29) is 11.4 Å². The third-order valence-electron chi connectivity index (χ3n) is 4.53. The summed E-state index contributed by atoms with van der Waals surface area (Å²) in [6.45, 7) is -0.552. The molecule has 3 rings (SSSR count). The van der Waals surface area contributed by atoms with E-state index in [1.807, 2.05) is 5.38 Å². The van der Waals surface area contributed by atoms with Crippen molar-refractivity contribution in [1.82, 2.24) is 5.48 Å². The number of nitrogens with one attached hydrogen (secondary N) is 1. The summed E-state index contributed by atoms with van der Waals surface area (Å²) in [5.74, 6) is -1.07. The molecule has 0 unspecified atom stereocenters. The van der Waals surface area contributed by atoms with Gasteiger partial charge in [0, 0.05) is 4.70 Å². The zero-order valence-electron chi connectivity index (χ0n) is 16.7. The van der Waals surface area contributed by atoms with Gasteiger partial charge in [-0.1, -0.05) is 18.2 Å². The molecule has 1 atom stereocenters. The summed E-state index contributed by atoms with van der Waals surface area (Å²) in [7, 11) is -7.94. The van der Waals surface area contributed by atoms with E-state index in [2.05, 4.69) is 0 Å². The quantitative estimate of drug-likeness (QED) is 0.373. The Balaban J connectivity index is 2.14. The van der Waals surface area contributed by atoms with E-state index >= 15 is 0 Å². The molecule has 12 heteroatoms. The maximum Gasteiger partial charge on any atom is 0.269 e. The third-order valence-corrected chi connectivity index (χ3v) is 7.77. The number of fused-ring (bicyclic) bond motifs is 1. The van der Waals surface area contributed by atoms with Crippen LogP contribution in [-0.2, 0) is 24.8 Å². The molecule has 0 radical (unpaired) electrons. The van der Waals surface area contributed by atoms with Gasteiger partial charge in [-0.3, -0.25) is 18.6 Å². The average Bonchev–Trinajstić information content (AvgIpc) is 3.17. The summed E-state index contributed by atoms with van der Waals surface area (Å²) >= 11 is 1.47. The van der Waals surface area contributed by atoms with Gasteiger partial charge in [-0.25, -0.2) is 22.3 Å². The van der Waals surface area contributed by atoms with Gasteiger partial charge < -0.3 is 0 Å². The Morgan fingerprint density at radius 1 is 1.00 bits per heavy atom. The van der Waals surface area contributed by atoms with Crippen molar-refractivity contribution in [1.29, 1.82) is 0 Å². The molecule has 2 N–H and O–H groups in total. The Bertz CT molecular complexity index is 1290. The van der Waals surface area contributed by atoms with Gasteiger partial charge in [0.25, 0.3) is 5.91 Å². The number of nitrogens with zero attached hydrogens (tertiary/aromatic N) is 2. The molecule has 0 aliphatic heterocycles. The Kier molecular flexibility index (Phi) is 6.55. The van der Waals surface area contributed by atoms with Gasteiger partial charge >= 0.3 is 0 Å². The van der Waals surface area contributed by atoms with Crippen molar-refractivity contribution in [3.8, 4) is 0 Å². The molecule has 0 bridgehead atoms. The minimum atomic E-state index is -4.05. The number of sulfonamides is 2. The van der Waals surface area contributed by atoms with E-state index in [1.165, 1.54) is 35.0 Å². The molecule has 166 valence electrons. The first-order valence-electron chi connectivity index (χ1n) is 8.96. The molecule has 0 fully saturated rings. The third kappa shape index (κ3) is 5.15. The lowest BCUT2D eigenvalue weighted by Crippen LogP contribution is -2.55. The second kappa shape index (κ2) is 8.83. The van der Waals surface area contributed by atoms with Crippen LogP contribution in [0.5, 0.6) is 0 Å². The molecule has 9 nitrogen and oxygen atoms in total. The van der Waals surface area contributed by atoms with Crippen LogP contribution in [0.1, 0.15) is 0 Å². The Morgan fingerprint density at radius 3 is 2.26 bits per heavy atom. The largest absolute Gasteiger partial charge is 0.289 e. The number of hydrogen-bond donors (Lipinski definition) is 2. The van der Waals surface area contributed by atoms with Crippen LogP contribution >= 0.6 is 11.3 Å². The zero-order valence-corrected chi connectivity index (χ0v) is 19.1. The van der Waals surface area contributed by atoms with Crippen molar-refractivity contribution in [3.05, 3.63) is 60.0 Å². The Labute approximate surface area is 184 Å². The zero-order chi connectivity index (χ0) is 22.8. The number of amides is 1. The monoisotopic (exact) mass is 483 g/mol. The number of hydrogen-bond acceptors (Lipinski definition) is 7. The van der Waals surface area contributed by atoms with Crippen molar-refractivity contribution in [2.24, 2.45) is 0 Å². The lowest BCUT2D eigenvalue weighted by molar-refractivity contribution is -0.130. The molecule has 1 heterocycles. The number of benzene rings is 2. The fourth-order valence-electron chi connectivity index (χ4n) is 3.22. The fourth-order valence-corrected chi connectivity index (χ4v) is 6.02. The minimum Gasteiger partial charge on any atom is -0.289 e. The van der Waals surface area contributed by atoms with Crippen molar-refractivity contribution < 1.29 is 26.8 Å². The van der Waals surface area contributed by atoms with Crippen molar-refractivity contribution in [2.75, 3.05) is 27.7 Å². The highest BCUT2D eigenvalue weighted by molar-refractivity contribution is 7.92. The molecule has 0 spiro atoms. The summed E-state index contributed by atoms with van der Waals surface area (Å²) in [5.41, 5.74) is 1.89. The van der Waals surface area contributed by atoms with Crippen LogP contribution in [-0.4, -0.2) is 53.0 Å². The van der Waals surface area contributed by atoms with Crippen LogP contribution in [0.3, 0.4) is 0 Å². The predicted molar refractivity (Wildman–Crippen MR) is 121 cm³/mol. The average molecular weight is 484 g/mol. The smallest absolute Gasteiger partial charge is 0.269 e. The minimum absolute atomic E-state index is 0.170. The molecular formula is C19H21N3O6S3. The number of rotatable bonds is 8. The van der Waals surface area contributed by atoms with E-state index in [0.29, 0.717) is 0 Å². The van der Waals surface area contributed by atoms with Crippen LogP contribution in [0.4, 0.5) is 11.4 Å². The molecule has 1 amide bonds. The van der Waals surface area contributed by atoms with Gasteiger partial charge in [0.15, 0.2) is 0 Å². The first kappa shape index (κ1) is 23.0. The van der Waals surface area contributed by atoms with E-state index in [9.17, 15) is 26.8 Å². The Morgan fingerprint density at radius 2 is 1.68 bits per heavy atom. The van der Waals surface area contributed by atoms with Crippen LogP contribution in [0.25, 0.3) is 10.1 Å². The van der Waals surface area contributed by atoms with Crippen molar-refractivity contribution in [2.45, 2.75) is 6.04 Å². The molecule has 3 aromatic rings. The summed E-state index contributed by atoms with van der Waals surface area (Å²) in [6, 6.07) is 13.1. The number of hydroxylamine groups is 1. The number of carbonyl (C=O) groups is 1. The molecule has 31 heavy (non-hydrogen) atoms. The summed E-state index contributed by atoms with van der Waals surface area (Å²) < 4.78 is 53.1. The summed E-state index contributed by atoms with van der Waals surface area (Å²) in [4.78, 5) is 12.6. The maximum atomic E-state index is 12.7. The molecule has 0 saturated carbocycles. The molecule has 1 aromatic heterocycles. The molecule has 0 aliphatic carbocycles. The molecule has 2 aromatic carbocycles. The van der Waals surface area contributed by atoms with Crippen molar-refractivity contribution >= 4 is 58.8 Å². The van der Waals surface area contributed by atoms with Gasteiger partial charge in [0.05, 0.1) is 30.4 Å². The number of para-hydroxylation sites is 1. The van der Waals surface area contributed by atoms with Crippen LogP contribution in [0.2, 0.25) is 0 Å². The standard InChI is InChI=1S/C19H21N3O6S3/c1-30(25,26)21(15-6-4-3-5-7-15)13-17(19(23)20-24)22(31(2,27)28)16-8-9-18-14(12-16)10-11-29-18/h3-12,17,24H,13H2,1-2H3,(H,20,23)/t17-/m1/s1. The highest BCUT2D eigenvalue weighted by Gasteiger charge is 2.36. The molecular weight excluding hydrogens is 462 g/mol. The molecule has 0 saturated heterocycles. The number of thiophene rings is 1. The van der Waals surface area contributed by atoms with Gasteiger partial charge in [0.1, 0.15) is 6.04 Å². The van der Waals surface area contributed by atoms with Gasteiger partial charge in [-0.2, -0.15) is 0 Å². The van der Waals surface area contributed by atoms with E-state index in [4.69, 9.17) is 0 Å². The number of carbonyl (C=O) groups excluding carboxylic acids is 1. The van der Waals surface area contributed by atoms with Crippen LogP contribution in [0, 0.1) is 0 Å². The second-order valence-corrected chi connectivity index (χ2v) is 11.5. The highest BCUT2D eigenvalue weighted by atomic mass is 32.2. The first-order valence-corrected chi connectivity index (χ1v) is 13.5. The topological polar surface area (TPSA) is 124 Å².